The number of rotatable bonds is 9. The summed E-state index contributed by atoms with van der Waals surface area (Å²) < 4.78 is 8.11. The number of anilines is 1. The molecule has 1 aliphatic heterocycles. The Bertz CT molecular complexity index is 1370. The minimum Gasteiger partial charge on any atom is -0.481 e. The van der Waals surface area contributed by atoms with E-state index in [0.29, 0.717) is 6.54 Å². The van der Waals surface area contributed by atoms with Gasteiger partial charge >= 0.3 is 0 Å². The number of aromatic nitrogens is 3. The first kappa shape index (κ1) is 25.7. The number of carbonyl (C=O) groups excluding carboxylic acids is 1. The maximum Gasteiger partial charge on any atom is 0.257 e. The van der Waals surface area contributed by atoms with Gasteiger partial charge in [-0.1, -0.05) is 31.2 Å². The quantitative estimate of drug-likeness (QED) is 0.360. The molecular formula is C30H36N6O2. The molecule has 1 saturated heterocycles. The van der Waals surface area contributed by atoms with Crippen molar-refractivity contribution in [3.05, 3.63) is 78.2 Å². The molecule has 1 amide bonds. The zero-order valence-electron chi connectivity index (χ0n) is 22.3. The Hall–Kier alpha value is -3.91. The van der Waals surface area contributed by atoms with Crippen molar-refractivity contribution in [3.8, 4) is 11.4 Å². The average Bonchev–Trinajstić information content (AvgIpc) is 3.29. The van der Waals surface area contributed by atoms with Crippen molar-refractivity contribution >= 4 is 22.5 Å². The van der Waals surface area contributed by atoms with E-state index in [-0.39, 0.29) is 12.5 Å². The smallest absolute Gasteiger partial charge is 0.257 e. The molecule has 0 unspecified atom stereocenters. The molecule has 8 nitrogen and oxygen atoms in total. The lowest BCUT2D eigenvalue weighted by molar-refractivity contribution is -0.123. The monoisotopic (exact) mass is 512 g/mol. The molecule has 4 aromatic rings. The Morgan fingerprint density at radius 1 is 1.05 bits per heavy atom. The van der Waals surface area contributed by atoms with Crippen LogP contribution in [-0.4, -0.2) is 64.9 Å². The van der Waals surface area contributed by atoms with E-state index in [1.807, 2.05) is 55.2 Å². The first-order valence-electron chi connectivity index (χ1n) is 13.5. The van der Waals surface area contributed by atoms with Gasteiger partial charge in [0.15, 0.2) is 6.61 Å². The van der Waals surface area contributed by atoms with Crippen LogP contribution in [0.5, 0.6) is 5.75 Å². The van der Waals surface area contributed by atoms with E-state index >= 15 is 0 Å². The van der Waals surface area contributed by atoms with Gasteiger partial charge in [0.05, 0.1) is 16.9 Å². The van der Waals surface area contributed by atoms with Gasteiger partial charge in [-0.05, 0) is 55.7 Å². The fourth-order valence-electron chi connectivity index (χ4n) is 5.01. The summed E-state index contributed by atoms with van der Waals surface area (Å²) in [4.78, 5) is 21.9. The van der Waals surface area contributed by atoms with Crippen LogP contribution in [0.15, 0.2) is 67.0 Å². The van der Waals surface area contributed by atoms with Gasteiger partial charge in [0.2, 0.25) is 0 Å². The number of pyridine rings is 1. The number of carbonyl (C=O) groups is 1. The summed E-state index contributed by atoms with van der Waals surface area (Å²) in [7, 11) is 0. The van der Waals surface area contributed by atoms with Crippen LogP contribution in [0.25, 0.3) is 16.6 Å². The molecule has 198 valence electrons. The number of nitrogens with one attached hydrogen (secondary N) is 1. The largest absolute Gasteiger partial charge is 0.481 e. The van der Waals surface area contributed by atoms with E-state index in [1.54, 1.807) is 0 Å². The Kier molecular flexibility index (Phi) is 8.19. The zero-order valence-corrected chi connectivity index (χ0v) is 22.3. The van der Waals surface area contributed by atoms with Gasteiger partial charge < -0.3 is 15.0 Å². The van der Waals surface area contributed by atoms with Crippen molar-refractivity contribution in [1.82, 2.24) is 25.0 Å². The van der Waals surface area contributed by atoms with E-state index in [1.165, 1.54) is 0 Å². The van der Waals surface area contributed by atoms with Crippen molar-refractivity contribution in [2.75, 3.05) is 44.2 Å². The van der Waals surface area contributed by atoms with Gasteiger partial charge in [0, 0.05) is 57.0 Å². The lowest BCUT2D eigenvalue weighted by Crippen LogP contribution is -2.32. The molecule has 0 saturated carbocycles. The molecule has 3 heterocycles. The number of benzene rings is 2. The van der Waals surface area contributed by atoms with Crippen LogP contribution in [0.3, 0.4) is 0 Å². The van der Waals surface area contributed by atoms with Gasteiger partial charge in [-0.3, -0.25) is 14.7 Å². The highest BCUT2D eigenvalue weighted by Gasteiger charge is 2.23. The van der Waals surface area contributed by atoms with Crippen LogP contribution in [0.2, 0.25) is 0 Å². The highest BCUT2D eigenvalue weighted by molar-refractivity contribution is 5.95. The van der Waals surface area contributed by atoms with Gasteiger partial charge in [-0.15, -0.1) is 0 Å². The van der Waals surface area contributed by atoms with Crippen molar-refractivity contribution in [1.29, 1.82) is 0 Å². The Labute approximate surface area is 224 Å². The number of para-hydroxylation sites is 1. The van der Waals surface area contributed by atoms with Gasteiger partial charge in [-0.2, -0.15) is 5.10 Å². The molecule has 0 atom stereocenters. The Morgan fingerprint density at radius 3 is 2.76 bits per heavy atom. The number of fused-ring (bicyclic) bond motifs is 1. The molecule has 1 N–H and O–H groups in total. The maximum absolute atomic E-state index is 12.3. The second-order valence-corrected chi connectivity index (χ2v) is 9.79. The van der Waals surface area contributed by atoms with Crippen LogP contribution in [0.4, 0.5) is 5.69 Å². The van der Waals surface area contributed by atoms with Crippen LogP contribution < -0.4 is 15.0 Å². The topological polar surface area (TPSA) is 75.5 Å². The second-order valence-electron chi connectivity index (χ2n) is 9.79. The molecule has 0 aliphatic carbocycles. The predicted octanol–water partition coefficient (Wildman–Crippen LogP) is 4.35. The lowest BCUT2D eigenvalue weighted by atomic mass is 10.1. The standard InChI is InChI=1S/C30H36N6O2/c1-3-13-31-27(37)22-38-30-23(2)20-24-9-7-14-32-28(24)29(30)35-16-8-15-34(18-19-35)21-25-12-17-36(33-25)26-10-5-4-6-11-26/h4-7,9-12,14,17,20H,3,8,13,15-16,18-19,21-22H2,1-2H3,(H,31,37). The maximum atomic E-state index is 12.3. The SMILES string of the molecule is CCCNC(=O)COc1c(C)cc2cccnc2c1N1CCCN(Cc2ccn(-c3ccccc3)n2)CC1. The number of hydrogen-bond acceptors (Lipinski definition) is 6. The number of nitrogens with zero attached hydrogens (tertiary/aromatic N) is 5. The third-order valence-electron chi connectivity index (χ3n) is 6.88. The number of aryl methyl sites for hydroxylation is 1. The van der Waals surface area contributed by atoms with Crippen LogP contribution in [-0.2, 0) is 11.3 Å². The fourth-order valence-corrected chi connectivity index (χ4v) is 5.01. The first-order chi connectivity index (χ1) is 18.6. The summed E-state index contributed by atoms with van der Waals surface area (Å²) in [5.41, 5.74) is 5.04. The molecule has 5 rings (SSSR count). The first-order valence-corrected chi connectivity index (χ1v) is 13.5. The minimum atomic E-state index is -0.102. The lowest BCUT2D eigenvalue weighted by Gasteiger charge is -2.27. The highest BCUT2D eigenvalue weighted by atomic mass is 16.5. The molecule has 0 spiro atoms. The summed E-state index contributed by atoms with van der Waals surface area (Å²) in [6, 6.07) is 18.4. The van der Waals surface area contributed by atoms with Crippen molar-refractivity contribution in [2.24, 2.45) is 0 Å². The molecule has 38 heavy (non-hydrogen) atoms. The van der Waals surface area contributed by atoms with Crippen LogP contribution in [0.1, 0.15) is 31.0 Å². The van der Waals surface area contributed by atoms with E-state index in [2.05, 4.69) is 45.4 Å². The third-order valence-corrected chi connectivity index (χ3v) is 6.88. The summed E-state index contributed by atoms with van der Waals surface area (Å²) in [5.74, 6) is 0.646. The molecule has 2 aromatic heterocycles. The normalized spacial score (nSPS) is 14.4. The van der Waals surface area contributed by atoms with Gasteiger partial charge in [-0.25, -0.2) is 4.68 Å². The molecule has 1 fully saturated rings. The number of hydrogen-bond donors (Lipinski definition) is 1. The number of amides is 1. The van der Waals surface area contributed by atoms with E-state index in [9.17, 15) is 4.79 Å². The molecule has 0 bridgehead atoms. The van der Waals surface area contributed by atoms with Crippen LogP contribution in [0, 0.1) is 6.92 Å². The zero-order chi connectivity index (χ0) is 26.3. The van der Waals surface area contributed by atoms with E-state index in [4.69, 9.17) is 14.8 Å². The summed E-state index contributed by atoms with van der Waals surface area (Å²) in [6.07, 6.45) is 5.76. The summed E-state index contributed by atoms with van der Waals surface area (Å²) in [5, 5.41) is 8.79. The second kappa shape index (κ2) is 12.1. The van der Waals surface area contributed by atoms with Gasteiger partial charge in [0.25, 0.3) is 5.91 Å². The average molecular weight is 513 g/mol. The van der Waals surface area contributed by atoms with Crippen molar-refractivity contribution < 1.29 is 9.53 Å². The third kappa shape index (κ3) is 5.97. The Morgan fingerprint density at radius 2 is 1.92 bits per heavy atom. The Balaban J connectivity index is 1.33. The molecular weight excluding hydrogens is 476 g/mol. The highest BCUT2D eigenvalue weighted by Crippen LogP contribution is 2.39. The van der Waals surface area contributed by atoms with Gasteiger partial charge in [0.1, 0.15) is 11.4 Å². The molecule has 0 radical (unpaired) electrons. The van der Waals surface area contributed by atoms with E-state index < -0.39 is 0 Å². The van der Waals surface area contributed by atoms with Crippen LogP contribution >= 0.6 is 0 Å². The van der Waals surface area contributed by atoms with Crippen molar-refractivity contribution in [3.63, 3.8) is 0 Å². The van der Waals surface area contributed by atoms with E-state index in [0.717, 1.165) is 84.9 Å². The minimum absolute atomic E-state index is 0.00375. The fraction of sp³-hybridized carbons (Fsp3) is 0.367. The number of ether oxygens (including phenoxy) is 1. The molecule has 8 heteroatoms. The predicted molar refractivity (Wildman–Crippen MR) is 151 cm³/mol. The van der Waals surface area contributed by atoms with Crippen molar-refractivity contribution in [2.45, 2.75) is 33.2 Å². The molecule has 2 aromatic carbocycles. The molecule has 1 aliphatic rings. The summed E-state index contributed by atoms with van der Waals surface area (Å²) >= 11 is 0. The summed E-state index contributed by atoms with van der Waals surface area (Å²) in [6.45, 7) is 9.16.